The molecule has 26 heavy (non-hydrogen) atoms. The predicted molar refractivity (Wildman–Crippen MR) is 96.8 cm³/mol. The topological polar surface area (TPSA) is 130 Å². The number of nitrogens with one attached hydrogen (secondary N) is 1. The second-order valence-electron chi connectivity index (χ2n) is 4.93. The van der Waals surface area contributed by atoms with Crippen LogP contribution in [0, 0.1) is 22.7 Å². The molecule has 0 saturated carbocycles. The van der Waals surface area contributed by atoms with E-state index in [2.05, 4.69) is 10.5 Å². The van der Waals surface area contributed by atoms with Gasteiger partial charge in [-0.3, -0.25) is 9.73 Å². The Hall–Kier alpha value is -3.40. The third-order valence-corrected chi connectivity index (χ3v) is 5.19. The van der Waals surface area contributed by atoms with Gasteiger partial charge in [-0.1, -0.05) is 30.3 Å². The van der Waals surface area contributed by atoms with Crippen molar-refractivity contribution >= 4 is 27.1 Å². The van der Waals surface area contributed by atoms with Gasteiger partial charge in [0.25, 0.3) is 10.0 Å². The SMILES string of the molecule is N#CC(C#N)=NNc1ccccc1S(=O)(=O)N(CCO)c1ccccc1. The van der Waals surface area contributed by atoms with Gasteiger partial charge in [0, 0.05) is 0 Å². The average Bonchev–Trinajstić information content (AvgIpc) is 2.67. The van der Waals surface area contributed by atoms with E-state index in [-0.39, 0.29) is 23.7 Å². The summed E-state index contributed by atoms with van der Waals surface area (Å²) in [5, 5.41) is 30.4. The molecule has 2 rings (SSSR count). The first-order chi connectivity index (χ1) is 12.5. The second kappa shape index (κ2) is 8.62. The summed E-state index contributed by atoms with van der Waals surface area (Å²) in [4.78, 5) is -0.101. The Morgan fingerprint density at radius 2 is 1.69 bits per heavy atom. The number of nitriles is 2. The molecule has 0 spiro atoms. The van der Waals surface area contributed by atoms with E-state index in [9.17, 15) is 13.5 Å². The molecule has 0 aromatic heterocycles. The van der Waals surface area contributed by atoms with Crippen LogP contribution in [-0.4, -0.2) is 32.4 Å². The lowest BCUT2D eigenvalue weighted by molar-refractivity contribution is 0.306. The maximum atomic E-state index is 13.1. The Balaban J connectivity index is 2.50. The summed E-state index contributed by atoms with van der Waals surface area (Å²) in [5.74, 6) is 0. The van der Waals surface area contributed by atoms with Crippen molar-refractivity contribution in [1.29, 1.82) is 10.5 Å². The molecule has 2 aromatic carbocycles. The molecule has 0 heterocycles. The first kappa shape index (κ1) is 18.9. The minimum absolute atomic E-state index is 0.101. The molecule has 8 nitrogen and oxygen atoms in total. The molecule has 2 N–H and O–H groups in total. The number of sulfonamides is 1. The Bertz CT molecular complexity index is 959. The first-order valence-corrected chi connectivity index (χ1v) is 8.90. The number of anilines is 2. The molecule has 0 aliphatic heterocycles. The zero-order valence-electron chi connectivity index (χ0n) is 13.6. The van der Waals surface area contributed by atoms with Crippen LogP contribution in [0.3, 0.4) is 0 Å². The molecule has 0 radical (unpaired) electrons. The molecule has 0 aliphatic rings. The van der Waals surface area contributed by atoms with Crippen LogP contribution in [0.15, 0.2) is 64.6 Å². The number of aliphatic hydroxyl groups excluding tert-OH is 1. The molecule has 0 saturated heterocycles. The fourth-order valence-corrected chi connectivity index (χ4v) is 3.77. The first-order valence-electron chi connectivity index (χ1n) is 7.46. The summed E-state index contributed by atoms with van der Waals surface area (Å²) < 4.78 is 27.3. The van der Waals surface area contributed by atoms with E-state index in [0.717, 1.165) is 4.31 Å². The van der Waals surface area contributed by atoms with Crippen LogP contribution in [0.25, 0.3) is 0 Å². The predicted octanol–water partition coefficient (Wildman–Crippen LogP) is 1.69. The van der Waals surface area contributed by atoms with E-state index >= 15 is 0 Å². The lowest BCUT2D eigenvalue weighted by atomic mass is 10.3. The van der Waals surface area contributed by atoms with Gasteiger partial charge in [0.15, 0.2) is 0 Å². The molecule has 9 heteroatoms. The van der Waals surface area contributed by atoms with Crippen molar-refractivity contribution in [3.8, 4) is 12.1 Å². The summed E-state index contributed by atoms with van der Waals surface area (Å²) in [7, 11) is -4.03. The maximum Gasteiger partial charge on any atom is 0.266 e. The van der Waals surface area contributed by atoms with Crippen molar-refractivity contribution in [2.75, 3.05) is 22.9 Å². The van der Waals surface area contributed by atoms with E-state index < -0.39 is 15.7 Å². The summed E-state index contributed by atoms with van der Waals surface area (Å²) >= 11 is 0. The van der Waals surface area contributed by atoms with Crippen LogP contribution in [0.4, 0.5) is 11.4 Å². The zero-order valence-corrected chi connectivity index (χ0v) is 14.4. The largest absolute Gasteiger partial charge is 0.394 e. The quantitative estimate of drug-likeness (QED) is 0.564. The molecular formula is C17H15N5O3S. The van der Waals surface area contributed by atoms with E-state index in [4.69, 9.17) is 10.5 Å². The van der Waals surface area contributed by atoms with Crippen LogP contribution in [0.5, 0.6) is 0 Å². The van der Waals surface area contributed by atoms with Crippen LogP contribution >= 0.6 is 0 Å². The highest BCUT2D eigenvalue weighted by atomic mass is 32.2. The van der Waals surface area contributed by atoms with E-state index in [0.29, 0.717) is 5.69 Å². The highest BCUT2D eigenvalue weighted by molar-refractivity contribution is 7.93. The Morgan fingerprint density at radius 1 is 1.08 bits per heavy atom. The number of hydrazone groups is 1. The van der Waals surface area contributed by atoms with Gasteiger partial charge >= 0.3 is 0 Å². The van der Waals surface area contributed by atoms with Gasteiger partial charge in [-0.2, -0.15) is 15.6 Å². The fraction of sp³-hybridized carbons (Fsp3) is 0.118. The van der Waals surface area contributed by atoms with Crippen molar-refractivity contribution in [1.82, 2.24) is 0 Å². The summed E-state index contributed by atoms with van der Waals surface area (Å²) in [5.41, 5.74) is 2.51. The average molecular weight is 369 g/mol. The van der Waals surface area contributed by atoms with Gasteiger partial charge in [0.05, 0.1) is 24.5 Å². The molecule has 0 unspecified atom stereocenters. The maximum absolute atomic E-state index is 13.1. The monoisotopic (exact) mass is 369 g/mol. The molecule has 0 atom stereocenters. The van der Waals surface area contributed by atoms with Crippen molar-refractivity contribution < 1.29 is 13.5 Å². The summed E-state index contributed by atoms with van der Waals surface area (Å²) in [6, 6.07) is 17.5. The molecule has 132 valence electrons. The Morgan fingerprint density at radius 3 is 2.31 bits per heavy atom. The minimum Gasteiger partial charge on any atom is -0.394 e. The van der Waals surface area contributed by atoms with Crippen molar-refractivity contribution in [2.24, 2.45) is 5.10 Å². The highest BCUT2D eigenvalue weighted by Crippen LogP contribution is 2.28. The van der Waals surface area contributed by atoms with Gasteiger partial charge in [0.1, 0.15) is 17.0 Å². The third kappa shape index (κ3) is 4.16. The van der Waals surface area contributed by atoms with Gasteiger partial charge in [-0.15, -0.1) is 0 Å². The lowest BCUT2D eigenvalue weighted by Crippen LogP contribution is -2.34. The number of para-hydroxylation sites is 2. The highest BCUT2D eigenvalue weighted by Gasteiger charge is 2.27. The summed E-state index contributed by atoms with van der Waals surface area (Å²) in [6.07, 6.45) is 0. The Labute approximate surface area is 151 Å². The van der Waals surface area contributed by atoms with E-state index in [1.807, 2.05) is 0 Å². The molecular weight excluding hydrogens is 354 g/mol. The van der Waals surface area contributed by atoms with Crippen molar-refractivity contribution in [3.63, 3.8) is 0 Å². The zero-order chi connectivity index (χ0) is 19.0. The van der Waals surface area contributed by atoms with Gasteiger partial charge in [0.2, 0.25) is 5.71 Å². The van der Waals surface area contributed by atoms with Gasteiger partial charge in [-0.25, -0.2) is 8.42 Å². The number of aliphatic hydroxyl groups is 1. The molecule has 0 aliphatic carbocycles. The number of nitrogens with zero attached hydrogens (tertiary/aromatic N) is 4. The molecule has 0 bridgehead atoms. The second-order valence-corrected chi connectivity index (χ2v) is 6.76. The third-order valence-electron chi connectivity index (χ3n) is 3.30. The molecule has 0 fully saturated rings. The van der Waals surface area contributed by atoms with Crippen LogP contribution in [0.1, 0.15) is 0 Å². The number of benzene rings is 2. The van der Waals surface area contributed by atoms with Crippen LogP contribution in [0.2, 0.25) is 0 Å². The number of hydrogen-bond donors (Lipinski definition) is 2. The number of hydrogen-bond acceptors (Lipinski definition) is 7. The Kier molecular flexibility index (Phi) is 6.28. The van der Waals surface area contributed by atoms with E-state index in [1.165, 1.54) is 12.1 Å². The fourth-order valence-electron chi connectivity index (χ4n) is 2.17. The van der Waals surface area contributed by atoms with Crippen LogP contribution in [-0.2, 0) is 10.0 Å². The minimum atomic E-state index is -4.03. The summed E-state index contributed by atoms with van der Waals surface area (Å²) in [6.45, 7) is -0.500. The van der Waals surface area contributed by atoms with E-state index in [1.54, 1.807) is 54.6 Å². The normalized spacial score (nSPS) is 10.3. The van der Waals surface area contributed by atoms with Gasteiger partial charge < -0.3 is 5.11 Å². The van der Waals surface area contributed by atoms with Crippen molar-refractivity contribution in [2.45, 2.75) is 4.90 Å². The van der Waals surface area contributed by atoms with Crippen molar-refractivity contribution in [3.05, 3.63) is 54.6 Å². The van der Waals surface area contributed by atoms with Gasteiger partial charge in [-0.05, 0) is 24.3 Å². The smallest absolute Gasteiger partial charge is 0.266 e. The van der Waals surface area contributed by atoms with Crippen LogP contribution < -0.4 is 9.73 Å². The molecule has 0 amide bonds. The standard InChI is InChI=1S/C17H15N5O3S/c18-12-14(13-19)20-21-16-8-4-5-9-17(16)26(24,25)22(10-11-23)15-6-2-1-3-7-15/h1-9,21,23H,10-11H2. The number of rotatable bonds is 7. The lowest BCUT2D eigenvalue weighted by Gasteiger charge is -2.24. The molecule has 2 aromatic rings.